The first-order valence-corrected chi connectivity index (χ1v) is 23.4. The molecule has 59 heavy (non-hydrogen) atoms. The van der Waals surface area contributed by atoms with E-state index in [0.717, 1.165) is 122 Å². The van der Waals surface area contributed by atoms with Crippen LogP contribution in [0.1, 0.15) is 188 Å². The minimum Gasteiger partial charge on any atom is -0.462 e. The molecule has 0 saturated carbocycles. The minimum atomic E-state index is -0.808. The van der Waals surface area contributed by atoms with E-state index in [1.165, 1.54) is 25.7 Å². The Kier molecular flexibility index (Phi) is 43.6. The molecule has 0 aliphatic heterocycles. The van der Waals surface area contributed by atoms with Gasteiger partial charge in [-0.3, -0.25) is 14.4 Å². The first kappa shape index (κ1) is 55.1. The normalized spacial score (nSPS) is 13.1. The summed E-state index contributed by atoms with van der Waals surface area (Å²) in [5.74, 6) is -0.988. The summed E-state index contributed by atoms with van der Waals surface area (Å²) in [4.78, 5) is 37.8. The summed E-state index contributed by atoms with van der Waals surface area (Å²) in [6, 6.07) is 0. The molecule has 1 unspecified atom stereocenters. The second-order valence-corrected chi connectivity index (χ2v) is 15.0. The highest BCUT2D eigenvalue weighted by molar-refractivity contribution is 5.71. The van der Waals surface area contributed by atoms with E-state index >= 15 is 0 Å². The molecular formula is C53H84O6. The Hall–Kier alpha value is -3.93. The van der Waals surface area contributed by atoms with Crippen molar-refractivity contribution in [3.63, 3.8) is 0 Å². The molecule has 0 N–H and O–H groups in total. The van der Waals surface area contributed by atoms with Crippen molar-refractivity contribution in [1.82, 2.24) is 0 Å². The fraction of sp³-hybridized carbons (Fsp3) is 0.604. The zero-order valence-corrected chi connectivity index (χ0v) is 37.7. The maximum absolute atomic E-state index is 12.7. The second-order valence-electron chi connectivity index (χ2n) is 15.0. The minimum absolute atomic E-state index is 0.109. The third-order valence-corrected chi connectivity index (χ3v) is 9.35. The van der Waals surface area contributed by atoms with Gasteiger partial charge in [-0.15, -0.1) is 0 Å². The third kappa shape index (κ3) is 45.0. The number of hydrogen-bond acceptors (Lipinski definition) is 6. The molecule has 0 aromatic rings. The fourth-order valence-corrected chi connectivity index (χ4v) is 5.91. The van der Waals surface area contributed by atoms with Crippen LogP contribution in [0.4, 0.5) is 0 Å². The number of esters is 3. The van der Waals surface area contributed by atoms with E-state index in [2.05, 4.69) is 93.7 Å². The van der Waals surface area contributed by atoms with Crippen molar-refractivity contribution in [1.29, 1.82) is 0 Å². The van der Waals surface area contributed by atoms with Gasteiger partial charge in [0.05, 0.1) is 0 Å². The predicted octanol–water partition coefficient (Wildman–Crippen LogP) is 15.2. The van der Waals surface area contributed by atoms with E-state index in [9.17, 15) is 14.4 Å². The van der Waals surface area contributed by atoms with Crippen molar-refractivity contribution in [2.75, 3.05) is 13.2 Å². The fourth-order valence-electron chi connectivity index (χ4n) is 5.91. The topological polar surface area (TPSA) is 78.9 Å². The molecule has 6 nitrogen and oxygen atoms in total. The largest absolute Gasteiger partial charge is 0.462 e. The van der Waals surface area contributed by atoms with Gasteiger partial charge in [0.15, 0.2) is 6.10 Å². The van der Waals surface area contributed by atoms with Crippen LogP contribution in [0.15, 0.2) is 109 Å². The molecule has 0 radical (unpaired) electrons. The van der Waals surface area contributed by atoms with Crippen LogP contribution in [-0.4, -0.2) is 37.2 Å². The molecule has 0 bridgehead atoms. The van der Waals surface area contributed by atoms with Gasteiger partial charge < -0.3 is 14.2 Å². The number of carbonyl (C=O) groups is 3. The monoisotopic (exact) mass is 817 g/mol. The van der Waals surface area contributed by atoms with Crippen LogP contribution in [0.3, 0.4) is 0 Å². The number of hydrogen-bond donors (Lipinski definition) is 0. The molecule has 332 valence electrons. The van der Waals surface area contributed by atoms with E-state index in [-0.39, 0.29) is 31.1 Å². The molecule has 6 heteroatoms. The highest BCUT2D eigenvalue weighted by Gasteiger charge is 2.19. The van der Waals surface area contributed by atoms with Crippen LogP contribution in [-0.2, 0) is 28.6 Å². The van der Waals surface area contributed by atoms with E-state index in [4.69, 9.17) is 14.2 Å². The smallest absolute Gasteiger partial charge is 0.306 e. The molecule has 0 saturated heterocycles. The van der Waals surface area contributed by atoms with Crippen molar-refractivity contribution >= 4 is 17.9 Å². The van der Waals surface area contributed by atoms with Gasteiger partial charge in [-0.2, -0.15) is 0 Å². The molecule has 0 rings (SSSR count). The third-order valence-electron chi connectivity index (χ3n) is 9.35. The zero-order valence-electron chi connectivity index (χ0n) is 37.7. The number of rotatable bonds is 40. The average Bonchev–Trinajstić information content (AvgIpc) is 3.23. The number of unbranched alkanes of at least 4 members (excludes halogenated alkanes) is 14. The summed E-state index contributed by atoms with van der Waals surface area (Å²) < 4.78 is 16.7. The molecule has 0 aliphatic carbocycles. The summed E-state index contributed by atoms with van der Waals surface area (Å²) in [5, 5.41) is 0. The number of ether oxygens (including phenoxy) is 3. The Bertz CT molecular complexity index is 1260. The quantitative estimate of drug-likeness (QED) is 0.0201. The van der Waals surface area contributed by atoms with Gasteiger partial charge in [0.1, 0.15) is 13.2 Å². The Labute approximate surface area is 361 Å². The van der Waals surface area contributed by atoms with Crippen molar-refractivity contribution < 1.29 is 28.6 Å². The summed E-state index contributed by atoms with van der Waals surface area (Å²) in [6.45, 7) is 6.19. The van der Waals surface area contributed by atoms with Crippen molar-refractivity contribution in [2.24, 2.45) is 0 Å². The Morgan fingerprint density at radius 3 is 1.17 bits per heavy atom. The van der Waals surface area contributed by atoms with Crippen LogP contribution in [0, 0.1) is 0 Å². The first-order chi connectivity index (χ1) is 29.0. The van der Waals surface area contributed by atoms with Crippen LogP contribution >= 0.6 is 0 Å². The molecule has 0 aliphatic rings. The van der Waals surface area contributed by atoms with Gasteiger partial charge in [-0.25, -0.2) is 0 Å². The van der Waals surface area contributed by atoms with Crippen molar-refractivity contribution in [3.05, 3.63) is 109 Å². The molecule has 0 fully saturated rings. The van der Waals surface area contributed by atoms with Gasteiger partial charge >= 0.3 is 17.9 Å². The standard InChI is InChI=1S/C53H84O6/c1-4-7-10-13-16-19-22-25-28-31-34-37-40-43-46-52(55)58-49-50(48-57-51(54)45-42-39-36-33-30-27-24-21-18-15-12-9-6-3)59-53(56)47-44-41-38-35-32-29-26-23-20-17-14-11-8-5-2/h7-12,15-21,24-25,27-28,30,50H,4-6,13-14,22-23,26,29,31-49H2,1-3H3/b10-7+,11-8+,12-9+,18-15+,19-16+,20-17+,24-21+,28-25+,30-27+. The average molecular weight is 817 g/mol. The van der Waals surface area contributed by atoms with Crippen LogP contribution in [0.25, 0.3) is 0 Å². The lowest BCUT2D eigenvalue weighted by Crippen LogP contribution is -2.30. The summed E-state index contributed by atoms with van der Waals surface area (Å²) >= 11 is 0. The number of carbonyl (C=O) groups excluding carboxylic acids is 3. The van der Waals surface area contributed by atoms with Crippen LogP contribution in [0.5, 0.6) is 0 Å². The summed E-state index contributed by atoms with van der Waals surface area (Å²) in [5.41, 5.74) is 0. The molecule has 0 aromatic carbocycles. The second kappa shape index (κ2) is 46.8. The van der Waals surface area contributed by atoms with Gasteiger partial charge in [0.25, 0.3) is 0 Å². The van der Waals surface area contributed by atoms with Crippen LogP contribution in [0.2, 0.25) is 0 Å². The zero-order chi connectivity index (χ0) is 43.0. The lowest BCUT2D eigenvalue weighted by Gasteiger charge is -2.18. The Morgan fingerprint density at radius 2 is 0.695 bits per heavy atom. The Balaban J connectivity index is 4.52. The Morgan fingerprint density at radius 1 is 0.356 bits per heavy atom. The van der Waals surface area contributed by atoms with Gasteiger partial charge in [-0.1, -0.05) is 182 Å². The number of allylic oxidation sites excluding steroid dienone is 18. The molecule has 0 heterocycles. The highest BCUT2D eigenvalue weighted by atomic mass is 16.6. The van der Waals surface area contributed by atoms with E-state index in [1.54, 1.807) is 0 Å². The van der Waals surface area contributed by atoms with Gasteiger partial charge in [0, 0.05) is 19.3 Å². The lowest BCUT2D eigenvalue weighted by atomic mass is 10.1. The molecule has 1 atom stereocenters. The lowest BCUT2D eigenvalue weighted by molar-refractivity contribution is -0.167. The van der Waals surface area contributed by atoms with E-state index in [0.29, 0.717) is 19.3 Å². The van der Waals surface area contributed by atoms with Gasteiger partial charge in [-0.05, 0) is 96.3 Å². The first-order valence-electron chi connectivity index (χ1n) is 23.4. The molecule has 0 spiro atoms. The molecule has 0 aromatic heterocycles. The maximum Gasteiger partial charge on any atom is 0.306 e. The van der Waals surface area contributed by atoms with Gasteiger partial charge in [0.2, 0.25) is 0 Å². The molecular weight excluding hydrogens is 733 g/mol. The van der Waals surface area contributed by atoms with Crippen molar-refractivity contribution in [3.8, 4) is 0 Å². The summed E-state index contributed by atoms with van der Waals surface area (Å²) in [6.07, 6.45) is 62.1. The summed E-state index contributed by atoms with van der Waals surface area (Å²) in [7, 11) is 0. The molecule has 0 amide bonds. The van der Waals surface area contributed by atoms with E-state index in [1.807, 2.05) is 36.5 Å². The van der Waals surface area contributed by atoms with Crippen molar-refractivity contribution in [2.45, 2.75) is 194 Å². The van der Waals surface area contributed by atoms with Crippen LogP contribution < -0.4 is 0 Å². The maximum atomic E-state index is 12.7. The SMILES string of the molecule is CC/C=C/C=C/C=C/C=C/CCCCCC(=O)OCC(COC(=O)CCCCCC/C=C/C/C=C/C/C=C/CC)OC(=O)CCCCCCCCC/C=C/C/C=C/CC. The van der Waals surface area contributed by atoms with E-state index < -0.39 is 6.10 Å². The highest BCUT2D eigenvalue weighted by Crippen LogP contribution is 2.13. The predicted molar refractivity (Wildman–Crippen MR) is 251 cm³/mol.